The number of rotatable bonds is 12. The van der Waals surface area contributed by atoms with Crippen LogP contribution in [0.2, 0.25) is 0 Å². The predicted octanol–water partition coefficient (Wildman–Crippen LogP) is 3.35. The van der Waals surface area contributed by atoms with Crippen molar-refractivity contribution >= 4 is 11.9 Å². The van der Waals surface area contributed by atoms with E-state index in [1.54, 1.807) is 0 Å². The fourth-order valence-electron chi connectivity index (χ4n) is 1.88. The van der Waals surface area contributed by atoms with Crippen LogP contribution in [0.15, 0.2) is 0 Å². The van der Waals surface area contributed by atoms with Crippen molar-refractivity contribution in [3.05, 3.63) is 0 Å². The molecule has 0 saturated heterocycles. The summed E-state index contributed by atoms with van der Waals surface area (Å²) in [5.41, 5.74) is 0. The van der Waals surface area contributed by atoms with Gasteiger partial charge >= 0.3 is 5.97 Å². The van der Waals surface area contributed by atoms with Gasteiger partial charge in [-0.05, 0) is 12.8 Å². The zero-order valence-corrected chi connectivity index (χ0v) is 12.4. The van der Waals surface area contributed by atoms with Gasteiger partial charge in [-0.25, -0.2) is 0 Å². The van der Waals surface area contributed by atoms with Crippen LogP contribution in [0.4, 0.5) is 0 Å². The summed E-state index contributed by atoms with van der Waals surface area (Å²) in [4.78, 5) is 21.6. The van der Waals surface area contributed by atoms with Gasteiger partial charge in [0.15, 0.2) is 0 Å². The molecule has 0 bridgehead atoms. The zero-order chi connectivity index (χ0) is 14.5. The molecule has 0 heterocycles. The second-order valence-corrected chi connectivity index (χ2v) is 5.42. The van der Waals surface area contributed by atoms with Gasteiger partial charge in [0.2, 0.25) is 5.91 Å². The molecular formula is C15H29NO3. The van der Waals surface area contributed by atoms with Gasteiger partial charge in [-0.2, -0.15) is 0 Å². The molecule has 4 nitrogen and oxygen atoms in total. The Balaban J connectivity index is 3.11. The number of carboxylic acid groups (broad SMARTS) is 1. The largest absolute Gasteiger partial charge is 0.481 e. The minimum Gasteiger partial charge on any atom is -0.481 e. The average molecular weight is 271 g/mol. The van der Waals surface area contributed by atoms with Crippen molar-refractivity contribution < 1.29 is 14.7 Å². The lowest BCUT2D eigenvalue weighted by atomic mass is 10.1. The number of hydrogen-bond donors (Lipinski definition) is 2. The number of amides is 1. The van der Waals surface area contributed by atoms with Gasteiger partial charge in [-0.15, -0.1) is 0 Å². The van der Waals surface area contributed by atoms with E-state index in [4.69, 9.17) is 5.11 Å². The number of carboxylic acids is 1. The minimum absolute atomic E-state index is 0.0748. The van der Waals surface area contributed by atoms with Crippen molar-refractivity contribution in [1.82, 2.24) is 5.32 Å². The summed E-state index contributed by atoms with van der Waals surface area (Å²) >= 11 is 0. The molecule has 0 aliphatic heterocycles. The Morgan fingerprint density at radius 1 is 0.895 bits per heavy atom. The predicted molar refractivity (Wildman–Crippen MR) is 77.0 cm³/mol. The molecule has 0 rings (SSSR count). The Hall–Kier alpha value is -1.06. The first kappa shape index (κ1) is 17.9. The molecule has 0 aromatic rings. The number of carbonyl (C=O) groups excluding carboxylic acids is 1. The van der Waals surface area contributed by atoms with Gasteiger partial charge in [0, 0.05) is 18.9 Å². The summed E-state index contributed by atoms with van der Waals surface area (Å²) in [5.74, 6) is -0.479. The fourth-order valence-corrected chi connectivity index (χ4v) is 1.88. The van der Waals surface area contributed by atoms with Gasteiger partial charge in [-0.3, -0.25) is 9.59 Å². The fraction of sp³-hybridized carbons (Fsp3) is 0.867. The highest BCUT2D eigenvalue weighted by Gasteiger charge is 2.04. The lowest BCUT2D eigenvalue weighted by molar-refractivity contribution is -0.137. The van der Waals surface area contributed by atoms with E-state index in [1.807, 2.05) is 13.8 Å². The van der Waals surface area contributed by atoms with E-state index in [9.17, 15) is 9.59 Å². The molecule has 0 aromatic carbocycles. The van der Waals surface area contributed by atoms with E-state index in [2.05, 4.69) is 5.32 Å². The molecule has 0 atom stereocenters. The zero-order valence-electron chi connectivity index (χ0n) is 12.4. The summed E-state index contributed by atoms with van der Waals surface area (Å²) in [7, 11) is 0. The maximum Gasteiger partial charge on any atom is 0.303 e. The molecule has 0 aliphatic rings. The normalized spacial score (nSPS) is 10.7. The highest BCUT2D eigenvalue weighted by molar-refractivity contribution is 5.77. The SMILES string of the molecule is CC(C)C(=O)NCCCCCCCCCCC(=O)O. The van der Waals surface area contributed by atoms with Crippen LogP contribution in [0.1, 0.15) is 71.6 Å². The van der Waals surface area contributed by atoms with Crippen LogP contribution in [-0.4, -0.2) is 23.5 Å². The van der Waals surface area contributed by atoms with Crippen LogP contribution in [0.5, 0.6) is 0 Å². The number of aliphatic carboxylic acids is 1. The van der Waals surface area contributed by atoms with Crippen molar-refractivity contribution in [3.63, 3.8) is 0 Å². The van der Waals surface area contributed by atoms with Crippen LogP contribution >= 0.6 is 0 Å². The molecule has 0 radical (unpaired) electrons. The Morgan fingerprint density at radius 2 is 1.37 bits per heavy atom. The molecule has 0 fully saturated rings. The summed E-state index contributed by atoms with van der Waals surface area (Å²) in [6.07, 6.45) is 9.09. The second kappa shape index (κ2) is 12.0. The topological polar surface area (TPSA) is 66.4 Å². The summed E-state index contributed by atoms with van der Waals surface area (Å²) < 4.78 is 0. The molecule has 19 heavy (non-hydrogen) atoms. The van der Waals surface area contributed by atoms with Crippen molar-refractivity contribution in [2.45, 2.75) is 71.6 Å². The smallest absolute Gasteiger partial charge is 0.303 e. The van der Waals surface area contributed by atoms with E-state index in [0.29, 0.717) is 6.42 Å². The van der Waals surface area contributed by atoms with E-state index in [0.717, 1.165) is 38.6 Å². The number of nitrogens with one attached hydrogen (secondary N) is 1. The molecule has 1 amide bonds. The van der Waals surface area contributed by atoms with Crippen molar-refractivity contribution in [2.75, 3.05) is 6.54 Å². The third kappa shape index (κ3) is 13.2. The first-order valence-corrected chi connectivity index (χ1v) is 7.53. The average Bonchev–Trinajstić information content (AvgIpc) is 2.35. The van der Waals surface area contributed by atoms with E-state index >= 15 is 0 Å². The molecule has 2 N–H and O–H groups in total. The first-order valence-electron chi connectivity index (χ1n) is 7.53. The van der Waals surface area contributed by atoms with Crippen molar-refractivity contribution in [1.29, 1.82) is 0 Å². The van der Waals surface area contributed by atoms with Gasteiger partial charge in [-0.1, -0.05) is 52.4 Å². The highest BCUT2D eigenvalue weighted by atomic mass is 16.4. The van der Waals surface area contributed by atoms with Crippen LogP contribution in [0.3, 0.4) is 0 Å². The van der Waals surface area contributed by atoms with Crippen LogP contribution < -0.4 is 5.32 Å². The lowest BCUT2D eigenvalue weighted by Crippen LogP contribution is -2.28. The Kier molecular flexibility index (Phi) is 11.3. The van der Waals surface area contributed by atoms with Crippen molar-refractivity contribution in [2.24, 2.45) is 5.92 Å². The van der Waals surface area contributed by atoms with Crippen molar-refractivity contribution in [3.8, 4) is 0 Å². The van der Waals surface area contributed by atoms with E-state index in [1.165, 1.54) is 19.3 Å². The third-order valence-corrected chi connectivity index (χ3v) is 3.14. The molecule has 0 saturated carbocycles. The number of hydrogen-bond acceptors (Lipinski definition) is 2. The number of carbonyl (C=O) groups is 2. The van der Waals surface area contributed by atoms with Gasteiger partial charge in [0.25, 0.3) is 0 Å². The second-order valence-electron chi connectivity index (χ2n) is 5.42. The molecular weight excluding hydrogens is 242 g/mol. The molecule has 0 spiro atoms. The maximum atomic E-state index is 11.3. The highest BCUT2D eigenvalue weighted by Crippen LogP contribution is 2.09. The summed E-state index contributed by atoms with van der Waals surface area (Å²) in [5, 5.41) is 11.4. The monoisotopic (exact) mass is 271 g/mol. The molecule has 0 aliphatic carbocycles. The summed E-state index contributed by atoms with van der Waals surface area (Å²) in [6, 6.07) is 0. The summed E-state index contributed by atoms with van der Waals surface area (Å²) in [6.45, 7) is 4.59. The van der Waals surface area contributed by atoms with Gasteiger partial charge in [0.1, 0.15) is 0 Å². The van der Waals surface area contributed by atoms with Crippen LogP contribution in [-0.2, 0) is 9.59 Å². The third-order valence-electron chi connectivity index (χ3n) is 3.14. The molecule has 4 heteroatoms. The van der Waals surface area contributed by atoms with Crippen LogP contribution in [0, 0.1) is 5.92 Å². The quantitative estimate of drug-likeness (QED) is 0.535. The first-order chi connectivity index (χ1) is 9.04. The van der Waals surface area contributed by atoms with Gasteiger partial charge in [0.05, 0.1) is 0 Å². The van der Waals surface area contributed by atoms with Gasteiger partial charge < -0.3 is 10.4 Å². The Bertz CT molecular complexity index is 252. The molecule has 112 valence electrons. The molecule has 0 unspecified atom stereocenters. The lowest BCUT2D eigenvalue weighted by Gasteiger charge is -2.07. The van der Waals surface area contributed by atoms with E-state index < -0.39 is 5.97 Å². The Morgan fingerprint density at radius 3 is 1.84 bits per heavy atom. The standard InChI is InChI=1S/C15H29NO3/c1-13(2)15(19)16-12-10-8-6-4-3-5-7-9-11-14(17)18/h13H,3-12H2,1-2H3,(H,16,19)(H,17,18). The maximum absolute atomic E-state index is 11.3. The molecule has 0 aromatic heterocycles. The van der Waals surface area contributed by atoms with E-state index in [-0.39, 0.29) is 11.8 Å². The Labute approximate surface area is 117 Å². The van der Waals surface area contributed by atoms with Crippen LogP contribution in [0.25, 0.3) is 0 Å². The minimum atomic E-state index is -0.691. The number of unbranched alkanes of at least 4 members (excludes halogenated alkanes) is 7.